The van der Waals surface area contributed by atoms with E-state index in [2.05, 4.69) is 205 Å². The van der Waals surface area contributed by atoms with E-state index < -0.39 is 5.41 Å². The molecule has 0 fully saturated rings. The number of benzene rings is 9. The Morgan fingerprint density at radius 2 is 0.789 bits per heavy atom. The van der Waals surface area contributed by atoms with Crippen molar-refractivity contribution in [3.05, 3.63) is 235 Å². The zero-order valence-electron chi connectivity index (χ0n) is 31.1. The van der Waals surface area contributed by atoms with Crippen LogP contribution in [0.4, 0.5) is 17.1 Å². The Labute approximate surface area is 331 Å². The molecule has 0 saturated carbocycles. The van der Waals surface area contributed by atoms with Crippen molar-refractivity contribution in [1.29, 1.82) is 0 Å². The number of rotatable bonds is 4. The van der Waals surface area contributed by atoms with Crippen molar-refractivity contribution in [1.82, 2.24) is 0 Å². The Hall–Kier alpha value is -7.42. The maximum atomic E-state index is 6.50. The molecule has 0 N–H and O–H groups in total. The molecule has 1 heterocycles. The molecule has 0 saturated heterocycles. The fourth-order valence-electron chi connectivity index (χ4n) is 9.99. The molecule has 57 heavy (non-hydrogen) atoms. The molecule has 266 valence electrons. The first-order valence-corrected chi connectivity index (χ1v) is 19.7. The quantitative estimate of drug-likeness (QED) is 0.180. The van der Waals surface area contributed by atoms with Crippen molar-refractivity contribution in [2.24, 2.45) is 0 Å². The highest BCUT2D eigenvalue weighted by Gasteiger charge is 2.49. The molecule has 0 bridgehead atoms. The van der Waals surface area contributed by atoms with Crippen LogP contribution in [0.1, 0.15) is 22.3 Å². The number of nitrogens with zero attached hydrogens (tertiary/aromatic N) is 1. The maximum absolute atomic E-state index is 6.50. The molecular weight excluding hydrogens is 691 g/mol. The van der Waals surface area contributed by atoms with Crippen LogP contribution >= 0.6 is 0 Å². The van der Waals surface area contributed by atoms with E-state index in [1.807, 2.05) is 12.1 Å². The van der Waals surface area contributed by atoms with E-state index in [0.29, 0.717) is 0 Å². The fourth-order valence-corrected chi connectivity index (χ4v) is 9.99. The molecule has 2 nitrogen and oxygen atoms in total. The van der Waals surface area contributed by atoms with Crippen LogP contribution in [-0.4, -0.2) is 0 Å². The summed E-state index contributed by atoms with van der Waals surface area (Å²) in [5.41, 5.74) is 19.6. The number of para-hydroxylation sites is 2. The predicted octanol–water partition coefficient (Wildman–Crippen LogP) is 14.7. The summed E-state index contributed by atoms with van der Waals surface area (Å²) in [4.78, 5) is 2.41. The normalized spacial score (nSPS) is 13.1. The van der Waals surface area contributed by atoms with Gasteiger partial charge in [0.1, 0.15) is 11.2 Å². The third-order valence-electron chi connectivity index (χ3n) is 12.3. The molecule has 10 aromatic rings. The van der Waals surface area contributed by atoms with Gasteiger partial charge in [0, 0.05) is 33.8 Å². The first-order valence-electron chi connectivity index (χ1n) is 19.7. The first-order chi connectivity index (χ1) is 28.3. The van der Waals surface area contributed by atoms with Gasteiger partial charge in [0.2, 0.25) is 0 Å². The Bertz CT molecular complexity index is 3140. The minimum absolute atomic E-state index is 0.531. The second-order valence-corrected chi connectivity index (χ2v) is 15.2. The number of hydrogen-bond acceptors (Lipinski definition) is 2. The summed E-state index contributed by atoms with van der Waals surface area (Å²) >= 11 is 0. The highest BCUT2D eigenvalue weighted by atomic mass is 16.3. The molecule has 0 unspecified atom stereocenters. The second kappa shape index (κ2) is 12.3. The molecule has 0 radical (unpaired) electrons. The molecule has 0 aliphatic heterocycles. The Balaban J connectivity index is 1.15. The van der Waals surface area contributed by atoms with Crippen LogP contribution in [0.2, 0.25) is 0 Å². The summed E-state index contributed by atoms with van der Waals surface area (Å²) < 4.78 is 6.50. The third-order valence-corrected chi connectivity index (χ3v) is 12.3. The van der Waals surface area contributed by atoms with E-state index in [1.54, 1.807) is 0 Å². The van der Waals surface area contributed by atoms with Crippen LogP contribution in [0.15, 0.2) is 217 Å². The average molecular weight is 726 g/mol. The highest BCUT2D eigenvalue weighted by molar-refractivity contribution is 6.06. The summed E-state index contributed by atoms with van der Waals surface area (Å²) in [6.45, 7) is 0. The van der Waals surface area contributed by atoms with Crippen LogP contribution in [0.3, 0.4) is 0 Å². The lowest BCUT2D eigenvalue weighted by molar-refractivity contribution is 0.669. The van der Waals surface area contributed by atoms with Crippen LogP contribution in [0.25, 0.3) is 66.4 Å². The van der Waals surface area contributed by atoms with Gasteiger partial charge in [-0.25, -0.2) is 0 Å². The van der Waals surface area contributed by atoms with E-state index in [4.69, 9.17) is 4.42 Å². The van der Waals surface area contributed by atoms with Gasteiger partial charge < -0.3 is 9.32 Å². The van der Waals surface area contributed by atoms with Crippen molar-refractivity contribution in [3.63, 3.8) is 0 Å². The molecule has 2 aliphatic rings. The fraction of sp³-hybridized carbons (Fsp3) is 0.0182. The SMILES string of the molecule is c1ccc(-c2ccccc2N(c2ccc3c(c2)-c2ccccc2C32c3ccccc3-c3ccccc3-c3ccccc32)c2ccc3c(c2)oc2ccccc23)cc1. The monoisotopic (exact) mass is 725 g/mol. The van der Waals surface area contributed by atoms with E-state index in [0.717, 1.165) is 44.6 Å². The van der Waals surface area contributed by atoms with Gasteiger partial charge in [0.15, 0.2) is 0 Å². The van der Waals surface area contributed by atoms with Crippen molar-refractivity contribution in [3.8, 4) is 44.5 Å². The lowest BCUT2D eigenvalue weighted by Gasteiger charge is -2.35. The minimum atomic E-state index is -0.531. The molecule has 12 rings (SSSR count). The van der Waals surface area contributed by atoms with Gasteiger partial charge >= 0.3 is 0 Å². The van der Waals surface area contributed by atoms with Gasteiger partial charge in [-0.2, -0.15) is 0 Å². The van der Waals surface area contributed by atoms with Crippen LogP contribution in [0, 0.1) is 0 Å². The van der Waals surface area contributed by atoms with Crippen molar-refractivity contribution >= 4 is 39.0 Å². The Kier molecular flexibility index (Phi) is 6.88. The zero-order chi connectivity index (χ0) is 37.5. The standard InChI is InChI=1S/C55H35NO/c1-2-16-36(17-3-1)39-18-9-14-28-52(39)56(38-30-32-46-45-24-10-15-29-53(45)57-54(46)35-38)37-31-33-51-47(34-37)44-23-8-13-27-50(44)55(51)48-25-11-6-21-42(48)40-19-4-5-20-41(40)43-22-7-12-26-49(43)55/h1-35H. The first kappa shape index (κ1) is 31.9. The smallest absolute Gasteiger partial charge is 0.137 e. The molecule has 1 spiro atoms. The summed E-state index contributed by atoms with van der Waals surface area (Å²) in [7, 11) is 0. The van der Waals surface area contributed by atoms with Crippen molar-refractivity contribution < 1.29 is 4.42 Å². The summed E-state index contributed by atoms with van der Waals surface area (Å²) in [6.07, 6.45) is 0. The zero-order valence-corrected chi connectivity index (χ0v) is 31.1. The summed E-state index contributed by atoms with van der Waals surface area (Å²) in [5, 5.41) is 2.24. The van der Waals surface area contributed by atoms with Crippen LogP contribution in [-0.2, 0) is 5.41 Å². The number of furan rings is 1. The molecular formula is C55H35NO. The Morgan fingerprint density at radius 1 is 0.316 bits per heavy atom. The van der Waals surface area contributed by atoms with Crippen LogP contribution in [0.5, 0.6) is 0 Å². The molecule has 9 aromatic carbocycles. The largest absolute Gasteiger partial charge is 0.456 e. The van der Waals surface area contributed by atoms with Crippen LogP contribution < -0.4 is 4.90 Å². The second-order valence-electron chi connectivity index (χ2n) is 15.2. The van der Waals surface area contributed by atoms with Gasteiger partial charge in [-0.1, -0.05) is 170 Å². The van der Waals surface area contributed by atoms with Gasteiger partial charge in [0.25, 0.3) is 0 Å². The van der Waals surface area contributed by atoms with E-state index in [-0.39, 0.29) is 0 Å². The molecule has 2 heteroatoms. The number of fused-ring (bicyclic) bond motifs is 15. The maximum Gasteiger partial charge on any atom is 0.137 e. The number of hydrogen-bond donors (Lipinski definition) is 0. The molecule has 2 aliphatic carbocycles. The molecule has 0 atom stereocenters. The van der Waals surface area contributed by atoms with Gasteiger partial charge in [-0.15, -0.1) is 0 Å². The Morgan fingerprint density at radius 3 is 1.47 bits per heavy atom. The topological polar surface area (TPSA) is 16.4 Å². The van der Waals surface area contributed by atoms with E-state index in [1.165, 1.54) is 61.2 Å². The lowest BCUT2D eigenvalue weighted by atomic mass is 9.66. The van der Waals surface area contributed by atoms with E-state index >= 15 is 0 Å². The predicted molar refractivity (Wildman–Crippen MR) is 236 cm³/mol. The van der Waals surface area contributed by atoms with Gasteiger partial charge in [0.05, 0.1) is 11.1 Å². The molecule has 1 aromatic heterocycles. The number of anilines is 3. The summed E-state index contributed by atoms with van der Waals surface area (Å²) in [6, 6.07) is 77.7. The third kappa shape index (κ3) is 4.53. The highest BCUT2D eigenvalue weighted by Crippen LogP contribution is 2.62. The van der Waals surface area contributed by atoms with Gasteiger partial charge in [-0.3, -0.25) is 0 Å². The average Bonchev–Trinajstić information content (AvgIpc) is 3.77. The lowest BCUT2D eigenvalue weighted by Crippen LogP contribution is -2.29. The van der Waals surface area contributed by atoms with Gasteiger partial charge in [-0.05, 0) is 97.6 Å². The summed E-state index contributed by atoms with van der Waals surface area (Å²) in [5.74, 6) is 0. The van der Waals surface area contributed by atoms with Crippen molar-refractivity contribution in [2.75, 3.05) is 4.90 Å². The van der Waals surface area contributed by atoms with E-state index in [9.17, 15) is 0 Å². The molecule has 0 amide bonds. The minimum Gasteiger partial charge on any atom is -0.456 e. The van der Waals surface area contributed by atoms with Crippen molar-refractivity contribution in [2.45, 2.75) is 5.41 Å².